The largest absolute Gasteiger partial charge is 0.387 e. The zero-order valence-corrected chi connectivity index (χ0v) is 54.6. The van der Waals surface area contributed by atoms with Gasteiger partial charge in [-0.2, -0.15) is 9.97 Å². The third-order valence-corrected chi connectivity index (χ3v) is 19.8. The van der Waals surface area contributed by atoms with Gasteiger partial charge in [0.1, 0.15) is 65.9 Å². The summed E-state index contributed by atoms with van der Waals surface area (Å²) in [6, 6.07) is 13.5. The fraction of sp³-hybridized carbons (Fsp3) is 0.467. The maximum Gasteiger partial charge on any atom is 0.325 e. The molecule has 0 saturated carbocycles. The summed E-state index contributed by atoms with van der Waals surface area (Å²) >= 11 is 10.9. The van der Waals surface area contributed by atoms with E-state index in [1.54, 1.807) is 15.5 Å². The normalized spacial score (nSPS) is 25.4. The number of aromatic nitrogens is 7. The Morgan fingerprint density at radius 3 is 2.24 bits per heavy atom. The maximum atomic E-state index is 13.6. The number of ether oxygens (including phenoxy) is 2. The maximum absolute atomic E-state index is 13.6. The van der Waals surface area contributed by atoms with Crippen LogP contribution in [0.5, 0.6) is 0 Å². The van der Waals surface area contributed by atoms with Crippen LogP contribution in [0, 0.1) is 17.8 Å². The fourth-order valence-electron chi connectivity index (χ4n) is 11.8. The third-order valence-electron chi connectivity index (χ3n) is 16.7. The average Bonchev–Trinajstić information content (AvgIpc) is 1.61. The molecule has 35 heteroatoms. The lowest BCUT2D eigenvalue weighted by Crippen LogP contribution is -2.49. The summed E-state index contributed by atoms with van der Waals surface area (Å²) in [4.78, 5) is 138. The minimum atomic E-state index is -4.38. The molecule has 8 heterocycles. The van der Waals surface area contributed by atoms with Crippen molar-refractivity contribution in [1.29, 1.82) is 0 Å². The molecule has 2 bridgehead atoms. The lowest BCUT2D eigenvalue weighted by Gasteiger charge is -2.28. The number of hydrogen-bond donors (Lipinski definition) is 10. The standard InChI is InChI=1S/C60H70N14O17P2S2/c1-32(24-38(76)25-65-45(78)20-16-37(75)17-21-46(79)72-26-35-10-3-2-8-33(35)14-15-34-9-5-7-13-41(34)72)56(82)69-40(18-19-44(61)77)57(83)63-22-23-64-60-70-53(62)48-55(71-60)74(31-68-48)59-52-49(80)42(88-59)28-86-92(84,94)90-51-43(29-87-93(85,95)91-52)89-58(50(51)81)73-27-36-11-4-6-12-39-47(36)54(73)67-30-66-39/h2-3,5,7-10,13,27,30-32,40,42-43,49-52,58-59,80-81H,4,6,11-12,16-26,28-29H2,1H3,(H2,61,77)(H,63,83)(H,65,78)(H,69,82)(H,84,94)(H,85,95)(H3,62,64,70,71)/t32-,40+,42-,43-,49-,50-,51-,52-,58-,59-,92?,93?/m1/s1. The van der Waals surface area contributed by atoms with Crippen molar-refractivity contribution < 1.29 is 81.1 Å². The molecule has 31 nitrogen and oxygen atoms in total. The van der Waals surface area contributed by atoms with Gasteiger partial charge in [-0.05, 0) is 85.0 Å². The molecule has 2 aromatic carbocycles. The van der Waals surface area contributed by atoms with Gasteiger partial charge in [-0.25, -0.2) is 15.0 Å². The molecule has 3 fully saturated rings. The highest BCUT2D eigenvalue weighted by Crippen LogP contribution is 2.54. The van der Waals surface area contributed by atoms with E-state index in [4.69, 9.17) is 62.6 Å². The van der Waals surface area contributed by atoms with Crippen LogP contribution in [0.4, 0.5) is 17.5 Å². The summed E-state index contributed by atoms with van der Waals surface area (Å²) < 4.78 is 39.1. The number of nitrogens with one attached hydrogen (secondary N) is 4. The van der Waals surface area contributed by atoms with Crippen LogP contribution in [0.25, 0.3) is 22.2 Å². The van der Waals surface area contributed by atoms with Gasteiger partial charge >= 0.3 is 13.4 Å². The number of carbonyl (C=O) groups is 7. The number of nitrogens with zero attached hydrogens (tertiary/aromatic N) is 8. The number of nitrogens with two attached hydrogens (primary N) is 2. The van der Waals surface area contributed by atoms with Crippen molar-refractivity contribution in [2.24, 2.45) is 11.7 Å². The highest BCUT2D eigenvalue weighted by Gasteiger charge is 2.53. The molecular weight excluding hydrogens is 1310 g/mol. The number of hydrogen-bond acceptors (Lipinski definition) is 24. The van der Waals surface area contributed by atoms with E-state index >= 15 is 0 Å². The highest BCUT2D eigenvalue weighted by atomic mass is 32.5. The summed E-state index contributed by atoms with van der Waals surface area (Å²) in [7, 11) is 0. The van der Waals surface area contributed by atoms with Gasteiger partial charge in [0, 0.05) is 80.2 Å². The number of aliphatic hydroxyl groups excluding tert-OH is 2. The molecule has 11 rings (SSSR count). The van der Waals surface area contributed by atoms with Crippen LogP contribution in [0.3, 0.4) is 0 Å². The Hall–Kier alpha value is -7.64. The zero-order chi connectivity index (χ0) is 67.3. The number of carbonyl (C=O) groups excluding carboxylic acids is 7. The van der Waals surface area contributed by atoms with E-state index < -0.39 is 124 Å². The van der Waals surface area contributed by atoms with Crippen molar-refractivity contribution in [1.82, 2.24) is 50.0 Å². The van der Waals surface area contributed by atoms with E-state index in [1.165, 1.54) is 24.1 Å². The van der Waals surface area contributed by atoms with Crippen molar-refractivity contribution in [2.45, 2.75) is 139 Å². The second-order valence-corrected chi connectivity index (χ2v) is 29.1. The van der Waals surface area contributed by atoms with E-state index in [2.05, 4.69) is 58.0 Å². The molecule has 4 aromatic heterocycles. The number of amides is 5. The summed E-state index contributed by atoms with van der Waals surface area (Å²) in [5.41, 5.74) is 17.2. The Morgan fingerprint density at radius 1 is 0.747 bits per heavy atom. The minimum absolute atomic E-state index is 0.0267. The minimum Gasteiger partial charge on any atom is -0.387 e. The van der Waals surface area contributed by atoms with Crippen molar-refractivity contribution in [3.8, 4) is 11.8 Å². The number of imidazole rings is 1. The van der Waals surface area contributed by atoms with Crippen LogP contribution in [-0.2, 0) is 104 Å². The van der Waals surface area contributed by atoms with Crippen LogP contribution in [0.15, 0.2) is 67.4 Å². The molecule has 2 unspecified atom stereocenters. The molecule has 6 aromatic rings. The van der Waals surface area contributed by atoms with E-state index in [9.17, 15) is 53.6 Å². The van der Waals surface area contributed by atoms with Crippen LogP contribution < -0.4 is 37.6 Å². The molecule has 12 atom stereocenters. The molecule has 5 amide bonds. The number of para-hydroxylation sites is 1. The van der Waals surface area contributed by atoms with Gasteiger partial charge in [-0.1, -0.05) is 49.1 Å². The number of fused-ring (bicyclic) bond motifs is 6. The van der Waals surface area contributed by atoms with Crippen molar-refractivity contribution in [2.75, 3.05) is 48.8 Å². The van der Waals surface area contributed by atoms with Crippen molar-refractivity contribution in [3.63, 3.8) is 0 Å². The van der Waals surface area contributed by atoms with Gasteiger partial charge in [0.15, 0.2) is 29.7 Å². The quantitative estimate of drug-likeness (QED) is 0.0262. The summed E-state index contributed by atoms with van der Waals surface area (Å²) in [6.07, 6.45) is -4.67. The van der Waals surface area contributed by atoms with Crippen LogP contribution in [0.1, 0.15) is 105 Å². The Labute approximate surface area is 553 Å². The summed E-state index contributed by atoms with van der Waals surface area (Å²) in [5, 5.41) is 35.0. The van der Waals surface area contributed by atoms with Gasteiger partial charge in [-0.3, -0.25) is 47.2 Å². The van der Waals surface area contributed by atoms with E-state index in [0.717, 1.165) is 53.5 Å². The smallest absolute Gasteiger partial charge is 0.325 e. The van der Waals surface area contributed by atoms with E-state index in [-0.39, 0.29) is 99.2 Å². The lowest BCUT2D eigenvalue weighted by molar-refractivity contribution is -0.133. The lowest BCUT2D eigenvalue weighted by atomic mass is 10.0. The number of ketones is 2. The Balaban J connectivity index is 0.654. The monoisotopic (exact) mass is 1380 g/mol. The highest BCUT2D eigenvalue weighted by molar-refractivity contribution is 8.07. The predicted octanol–water partition coefficient (Wildman–Crippen LogP) is 1.57. The van der Waals surface area contributed by atoms with Crippen molar-refractivity contribution in [3.05, 3.63) is 95.3 Å². The Morgan fingerprint density at radius 2 is 1.45 bits per heavy atom. The first-order chi connectivity index (χ1) is 45.5. The molecule has 95 heavy (non-hydrogen) atoms. The molecule has 1 aliphatic carbocycles. The first-order valence-electron chi connectivity index (χ1n) is 30.7. The number of nitrogen functional groups attached to an aromatic ring is 1. The molecule has 12 N–H and O–H groups in total. The topological polar surface area (TPSA) is 434 Å². The summed E-state index contributed by atoms with van der Waals surface area (Å²) in [5.74, 6) is 1.26. The van der Waals surface area contributed by atoms with Crippen LogP contribution >= 0.6 is 13.4 Å². The molecule has 504 valence electrons. The van der Waals surface area contributed by atoms with Crippen molar-refractivity contribution >= 4 is 118 Å². The second kappa shape index (κ2) is 29.8. The first-order valence-corrected chi connectivity index (χ1v) is 35.9. The summed E-state index contributed by atoms with van der Waals surface area (Å²) in [6.45, 7) is -8.71. The number of anilines is 3. The molecule has 4 aliphatic heterocycles. The number of Topliss-reactive ketones (excluding diaryl/α,β-unsaturated/α-hetero) is 2. The SMILES string of the molecule is C[C@H](CC(=O)CNC(=O)CCC(=O)CCC(=O)N1Cc2ccccc2C#Cc2ccccc21)C(=O)N[C@@H](CCC(N)=O)C(=O)NCCNc1nc(N)c2ncn([C@@H]3O[C@@H]4COP(O)(=S)O[C@H]5[C@@H](O)[C@H](n6cc7c8c(ncnc86)CCCC7)O[C@@H]5COP(O)(=S)O[C@@H]3[C@@H]4O)c2n1. The fourth-order valence-corrected chi connectivity index (χ4v) is 14.7. The van der Waals surface area contributed by atoms with Crippen LogP contribution in [-0.4, -0.2) is 171 Å². The van der Waals surface area contributed by atoms with Gasteiger partial charge in [0.2, 0.25) is 35.5 Å². The molecule has 3 saturated heterocycles. The number of primary amides is 1. The van der Waals surface area contributed by atoms with Gasteiger partial charge in [-0.15, -0.1) is 0 Å². The van der Waals surface area contributed by atoms with E-state index in [1.807, 2.05) is 48.7 Å². The molecule has 0 radical (unpaired) electrons. The zero-order valence-electron chi connectivity index (χ0n) is 51.2. The molecule has 5 aliphatic rings. The Kier molecular flexibility index (Phi) is 21.5. The number of aliphatic hydroxyl groups is 2. The van der Waals surface area contributed by atoms with E-state index in [0.29, 0.717) is 16.9 Å². The number of benzene rings is 2. The number of rotatable bonds is 22. The van der Waals surface area contributed by atoms with Gasteiger partial charge in [0.05, 0.1) is 44.0 Å². The van der Waals surface area contributed by atoms with Gasteiger partial charge in [0.25, 0.3) is 0 Å². The molecule has 0 spiro atoms. The molecular formula is C60H70N14O17P2S2. The van der Waals surface area contributed by atoms with Gasteiger partial charge < -0.3 is 80.7 Å². The average molecular weight is 1390 g/mol. The third kappa shape index (κ3) is 16.3. The first kappa shape index (κ1) is 68.7. The second-order valence-electron chi connectivity index (χ2n) is 23.5. The predicted molar refractivity (Wildman–Crippen MR) is 346 cm³/mol. The number of aryl methyl sites for hydroxylation is 2. The van der Waals surface area contributed by atoms with Crippen LogP contribution in [0.2, 0.25) is 0 Å². The Bertz CT molecular complexity index is 4130.